The average Bonchev–Trinajstić information content (AvgIpc) is 3.51. The zero-order chi connectivity index (χ0) is 25.1. The van der Waals surface area contributed by atoms with Crippen molar-refractivity contribution in [3.05, 3.63) is 118 Å². The molecule has 0 aliphatic heterocycles. The van der Waals surface area contributed by atoms with E-state index < -0.39 is 0 Å². The van der Waals surface area contributed by atoms with Crippen LogP contribution in [0.4, 0.5) is 0 Å². The molecule has 0 saturated carbocycles. The molecule has 6 aromatic rings. The second-order valence-corrected chi connectivity index (χ2v) is 10.4. The Morgan fingerprint density at radius 3 is 1.32 bits per heavy atom. The lowest BCUT2D eigenvalue weighted by molar-refractivity contribution is 0.955. The van der Waals surface area contributed by atoms with Crippen molar-refractivity contribution in [1.82, 2.24) is 9.13 Å². The molecule has 0 atom stereocenters. The summed E-state index contributed by atoms with van der Waals surface area (Å²) in [6, 6.07) is 35.4. The van der Waals surface area contributed by atoms with E-state index in [1.807, 2.05) is 0 Å². The van der Waals surface area contributed by atoms with E-state index in [-0.39, 0.29) is 0 Å². The minimum atomic E-state index is 1.12. The number of fused-ring (bicyclic) bond motifs is 6. The third kappa shape index (κ3) is 3.20. The molecule has 2 aromatic heterocycles. The van der Waals surface area contributed by atoms with Gasteiger partial charge in [0.25, 0.3) is 0 Å². The maximum atomic E-state index is 2.46. The molecule has 38 heavy (non-hydrogen) atoms. The Morgan fingerprint density at radius 2 is 0.816 bits per heavy atom. The van der Waals surface area contributed by atoms with Gasteiger partial charge in [0.05, 0.1) is 11.0 Å². The maximum absolute atomic E-state index is 2.46. The van der Waals surface area contributed by atoms with E-state index in [1.165, 1.54) is 65.4 Å². The number of aromatic nitrogens is 2. The third-order valence-corrected chi connectivity index (χ3v) is 8.19. The number of benzene rings is 4. The van der Waals surface area contributed by atoms with Crippen LogP contribution >= 0.6 is 0 Å². The first kappa shape index (κ1) is 21.5. The SMILES string of the molecule is C1=c2c3c(n(-c4ccc(-c5ccc(-n6c7ccccc7c7ccccc76)cc5)cc4)c2=CCC1)=CCCC=3. The Bertz CT molecular complexity index is 1990. The number of rotatable bonds is 3. The van der Waals surface area contributed by atoms with Crippen molar-refractivity contribution in [2.45, 2.75) is 25.7 Å². The minimum absolute atomic E-state index is 1.12. The monoisotopic (exact) mass is 488 g/mol. The van der Waals surface area contributed by atoms with E-state index in [4.69, 9.17) is 0 Å². The normalized spacial score (nSPS) is 14.2. The van der Waals surface area contributed by atoms with Crippen LogP contribution in [0.2, 0.25) is 0 Å². The molecule has 2 nitrogen and oxygen atoms in total. The van der Waals surface area contributed by atoms with Gasteiger partial charge in [0.15, 0.2) is 0 Å². The Hall–Kier alpha value is -4.56. The van der Waals surface area contributed by atoms with Gasteiger partial charge in [0.1, 0.15) is 0 Å². The molecule has 4 aromatic carbocycles. The van der Waals surface area contributed by atoms with Crippen LogP contribution in [-0.4, -0.2) is 9.13 Å². The van der Waals surface area contributed by atoms with Gasteiger partial charge in [-0.2, -0.15) is 0 Å². The van der Waals surface area contributed by atoms with E-state index in [1.54, 1.807) is 0 Å². The van der Waals surface area contributed by atoms with Gasteiger partial charge in [-0.15, -0.1) is 0 Å². The highest BCUT2D eigenvalue weighted by Gasteiger charge is 2.13. The summed E-state index contributed by atoms with van der Waals surface area (Å²) in [6.07, 6.45) is 14.2. The molecule has 0 saturated heterocycles. The highest BCUT2D eigenvalue weighted by atomic mass is 15.0. The molecule has 0 radical (unpaired) electrons. The van der Waals surface area contributed by atoms with Gasteiger partial charge in [-0.25, -0.2) is 0 Å². The van der Waals surface area contributed by atoms with Gasteiger partial charge in [-0.3, -0.25) is 0 Å². The van der Waals surface area contributed by atoms with Crippen molar-refractivity contribution in [2.75, 3.05) is 0 Å². The Morgan fingerprint density at radius 1 is 0.395 bits per heavy atom. The average molecular weight is 489 g/mol. The number of hydrogen-bond acceptors (Lipinski definition) is 0. The van der Waals surface area contributed by atoms with E-state index in [0.717, 1.165) is 25.7 Å². The van der Waals surface area contributed by atoms with E-state index in [0.29, 0.717) is 0 Å². The Labute approximate surface area is 221 Å². The van der Waals surface area contributed by atoms with Crippen LogP contribution < -0.4 is 21.1 Å². The summed E-state index contributed by atoms with van der Waals surface area (Å²) in [4.78, 5) is 0. The van der Waals surface area contributed by atoms with Crippen molar-refractivity contribution < 1.29 is 0 Å². The lowest BCUT2D eigenvalue weighted by Gasteiger charge is -2.11. The number of para-hydroxylation sites is 2. The van der Waals surface area contributed by atoms with Crippen LogP contribution in [0.1, 0.15) is 25.7 Å². The summed E-state index contributed by atoms with van der Waals surface area (Å²) < 4.78 is 4.84. The van der Waals surface area contributed by atoms with E-state index in [2.05, 4.69) is 131 Å². The molecule has 2 heteroatoms. The van der Waals surface area contributed by atoms with E-state index >= 15 is 0 Å². The predicted octanol–water partition coefficient (Wildman–Crippen LogP) is 5.95. The highest BCUT2D eigenvalue weighted by molar-refractivity contribution is 6.09. The topological polar surface area (TPSA) is 9.86 Å². The molecule has 8 rings (SSSR count). The standard InChI is InChI=1S/C36H28N2/c1-5-13-33-29(9-1)30-10-2-6-14-34(30)37(33)27-21-17-25(18-22-27)26-19-23-28(24-20-26)38-35-15-7-3-11-31(35)32-12-4-8-16-36(32)38/h1-2,5-6,9-24H,3-4,7-8H2. The van der Waals surface area contributed by atoms with Crippen molar-refractivity contribution in [1.29, 1.82) is 0 Å². The molecular formula is C36H28N2. The zero-order valence-electron chi connectivity index (χ0n) is 21.3. The Balaban J connectivity index is 1.20. The molecule has 2 heterocycles. The van der Waals surface area contributed by atoms with Gasteiger partial charge >= 0.3 is 0 Å². The van der Waals surface area contributed by atoms with Crippen molar-refractivity contribution in [2.24, 2.45) is 0 Å². The second-order valence-electron chi connectivity index (χ2n) is 10.4. The van der Waals surface area contributed by atoms with Gasteiger partial charge in [0, 0.05) is 43.3 Å². The summed E-state index contributed by atoms with van der Waals surface area (Å²) in [6.45, 7) is 0. The van der Waals surface area contributed by atoms with Crippen LogP contribution in [0.5, 0.6) is 0 Å². The highest BCUT2D eigenvalue weighted by Crippen LogP contribution is 2.32. The fraction of sp³-hybridized carbons (Fsp3) is 0.111. The van der Waals surface area contributed by atoms with Crippen LogP contribution in [-0.2, 0) is 0 Å². The smallest absolute Gasteiger partial charge is 0.0541 e. The third-order valence-electron chi connectivity index (χ3n) is 8.19. The molecule has 0 amide bonds. The lowest BCUT2D eigenvalue weighted by Crippen LogP contribution is -2.39. The molecule has 0 bridgehead atoms. The molecule has 0 unspecified atom stereocenters. The first-order valence-electron chi connectivity index (χ1n) is 13.7. The largest absolute Gasteiger partial charge is 0.310 e. The lowest BCUT2D eigenvalue weighted by atomic mass is 10.0. The van der Waals surface area contributed by atoms with Crippen LogP contribution in [0, 0.1) is 0 Å². The molecule has 0 spiro atoms. The predicted molar refractivity (Wildman–Crippen MR) is 160 cm³/mol. The fourth-order valence-corrected chi connectivity index (χ4v) is 6.46. The summed E-state index contributed by atoms with van der Waals surface area (Å²) >= 11 is 0. The maximum Gasteiger partial charge on any atom is 0.0541 e. The van der Waals surface area contributed by atoms with Gasteiger partial charge in [-0.1, -0.05) is 85.0 Å². The first-order chi connectivity index (χ1) is 18.9. The molecular weight excluding hydrogens is 460 g/mol. The number of nitrogens with zero attached hydrogens (tertiary/aromatic N) is 2. The van der Waals surface area contributed by atoms with Crippen LogP contribution in [0.15, 0.2) is 97.1 Å². The molecule has 0 N–H and O–H groups in total. The fourth-order valence-electron chi connectivity index (χ4n) is 6.46. The Kier molecular flexibility index (Phi) is 4.81. The summed E-state index contributed by atoms with van der Waals surface area (Å²) in [5, 5.41) is 8.15. The second kappa shape index (κ2) is 8.49. The van der Waals surface area contributed by atoms with Crippen molar-refractivity contribution >= 4 is 46.1 Å². The van der Waals surface area contributed by atoms with Crippen LogP contribution in [0.3, 0.4) is 0 Å². The van der Waals surface area contributed by atoms with Gasteiger partial charge in [0.2, 0.25) is 0 Å². The van der Waals surface area contributed by atoms with Gasteiger partial charge < -0.3 is 9.13 Å². The minimum Gasteiger partial charge on any atom is -0.310 e. The van der Waals surface area contributed by atoms with Crippen molar-refractivity contribution in [3.63, 3.8) is 0 Å². The van der Waals surface area contributed by atoms with Gasteiger partial charge in [-0.05, 0) is 73.2 Å². The summed E-state index contributed by atoms with van der Waals surface area (Å²) in [5.41, 5.74) is 7.39. The molecule has 2 aliphatic rings. The quantitative estimate of drug-likeness (QED) is 0.291. The van der Waals surface area contributed by atoms with E-state index in [9.17, 15) is 0 Å². The first-order valence-corrected chi connectivity index (χ1v) is 13.7. The van der Waals surface area contributed by atoms with Crippen molar-refractivity contribution in [3.8, 4) is 22.5 Å². The number of hydrogen-bond donors (Lipinski definition) is 0. The van der Waals surface area contributed by atoms with Crippen LogP contribution in [0.25, 0.3) is 68.6 Å². The zero-order valence-corrected chi connectivity index (χ0v) is 21.3. The molecule has 0 fully saturated rings. The summed E-state index contributed by atoms with van der Waals surface area (Å²) in [5.74, 6) is 0. The molecule has 2 aliphatic carbocycles. The summed E-state index contributed by atoms with van der Waals surface area (Å²) in [7, 11) is 0. The molecule has 182 valence electrons.